The number of rotatable bonds is 5. The van der Waals surface area contributed by atoms with Crippen molar-refractivity contribution < 1.29 is 4.39 Å². The highest BCUT2D eigenvalue weighted by atomic mass is 35.5. The molecule has 0 unspecified atom stereocenters. The van der Waals surface area contributed by atoms with E-state index in [0.717, 1.165) is 0 Å². The molecule has 2 N–H and O–H groups in total. The molecule has 0 aliphatic heterocycles. The van der Waals surface area contributed by atoms with Gasteiger partial charge in [0, 0.05) is 29.7 Å². The fourth-order valence-electron chi connectivity index (χ4n) is 1.50. The van der Waals surface area contributed by atoms with Crippen LogP contribution in [0.5, 0.6) is 0 Å². The van der Waals surface area contributed by atoms with Gasteiger partial charge in [-0.3, -0.25) is 4.90 Å². The normalized spacial score (nSPS) is 11.2. The highest BCUT2D eigenvalue weighted by Crippen LogP contribution is 2.17. The fraction of sp³-hybridized carbons (Fsp3) is 0.417. The third kappa shape index (κ3) is 4.58. The summed E-state index contributed by atoms with van der Waals surface area (Å²) in [6.45, 7) is 4.95. The molecule has 0 aromatic heterocycles. The summed E-state index contributed by atoms with van der Waals surface area (Å²) < 4.78 is 13.6. The summed E-state index contributed by atoms with van der Waals surface area (Å²) in [7, 11) is 0. The molecule has 0 aliphatic carbocycles. The molecule has 0 heterocycles. The summed E-state index contributed by atoms with van der Waals surface area (Å²) in [4.78, 5) is 2.40. The maximum Gasteiger partial charge on any atom is 0.127 e. The molecule has 1 aromatic carbocycles. The van der Waals surface area contributed by atoms with Crippen molar-refractivity contribution in [2.24, 2.45) is 5.73 Å². The molecular weight excluding hydrogens is 259 g/mol. The zero-order valence-electron chi connectivity index (χ0n) is 9.91. The topological polar surface area (TPSA) is 29.3 Å². The second-order valence-electron chi connectivity index (χ2n) is 4.20. The monoisotopic (exact) mass is 274 g/mol. The summed E-state index contributed by atoms with van der Waals surface area (Å²) in [5, 5.41) is 0.528. The SMILES string of the molecule is CC(C)N(CC(N)=S)Cc1cc(Cl)ccc1F. The number of thiocarbonyl (C=S) groups is 1. The molecule has 0 fully saturated rings. The van der Waals surface area contributed by atoms with E-state index in [1.54, 1.807) is 6.07 Å². The zero-order chi connectivity index (χ0) is 13.0. The standard InChI is InChI=1S/C12H16ClFN2S/c1-8(2)16(7-12(15)17)6-9-5-10(13)3-4-11(9)14/h3-5,8H,6-7H2,1-2H3,(H2,15,17). The molecule has 0 aliphatic rings. The van der Waals surface area contributed by atoms with Crippen LogP contribution in [-0.2, 0) is 6.54 Å². The highest BCUT2D eigenvalue weighted by Gasteiger charge is 2.13. The zero-order valence-corrected chi connectivity index (χ0v) is 11.5. The Morgan fingerprint density at radius 3 is 2.71 bits per heavy atom. The van der Waals surface area contributed by atoms with Gasteiger partial charge in [0.2, 0.25) is 0 Å². The minimum atomic E-state index is -0.261. The van der Waals surface area contributed by atoms with Crippen LogP contribution in [0.3, 0.4) is 0 Å². The first-order valence-corrected chi connectivity index (χ1v) is 6.15. The Balaban J connectivity index is 2.85. The van der Waals surface area contributed by atoms with Gasteiger partial charge in [-0.2, -0.15) is 0 Å². The van der Waals surface area contributed by atoms with Gasteiger partial charge in [-0.05, 0) is 32.0 Å². The molecule has 0 atom stereocenters. The van der Waals surface area contributed by atoms with Crippen molar-refractivity contribution in [3.63, 3.8) is 0 Å². The second-order valence-corrected chi connectivity index (χ2v) is 5.16. The molecule has 0 radical (unpaired) electrons. The average molecular weight is 275 g/mol. The van der Waals surface area contributed by atoms with Crippen molar-refractivity contribution in [2.45, 2.75) is 26.4 Å². The van der Waals surface area contributed by atoms with Gasteiger partial charge < -0.3 is 5.73 Å². The number of halogens is 2. The highest BCUT2D eigenvalue weighted by molar-refractivity contribution is 7.80. The van der Waals surface area contributed by atoms with Gasteiger partial charge in [0.25, 0.3) is 0 Å². The van der Waals surface area contributed by atoms with Gasteiger partial charge >= 0.3 is 0 Å². The van der Waals surface area contributed by atoms with E-state index in [-0.39, 0.29) is 11.9 Å². The molecule has 0 spiro atoms. The minimum Gasteiger partial charge on any atom is -0.392 e. The third-order valence-corrected chi connectivity index (χ3v) is 2.83. The van der Waals surface area contributed by atoms with Crippen molar-refractivity contribution in [1.29, 1.82) is 0 Å². The Kier molecular flexibility index (Phi) is 5.31. The van der Waals surface area contributed by atoms with Crippen LogP contribution in [0.2, 0.25) is 5.02 Å². The molecule has 0 saturated carbocycles. The Labute approximate surface area is 112 Å². The number of nitrogens with two attached hydrogens (primary N) is 1. The third-order valence-electron chi connectivity index (χ3n) is 2.47. The summed E-state index contributed by atoms with van der Waals surface area (Å²) in [6.07, 6.45) is 0. The predicted octanol–water partition coefficient (Wildman–Crippen LogP) is 2.98. The van der Waals surface area contributed by atoms with E-state index in [1.807, 2.05) is 18.7 Å². The van der Waals surface area contributed by atoms with E-state index < -0.39 is 0 Å². The summed E-state index contributed by atoms with van der Waals surface area (Å²) in [5.74, 6) is -0.261. The first-order chi connectivity index (χ1) is 7.90. The Hall–Kier alpha value is -0.710. The van der Waals surface area contributed by atoms with E-state index in [4.69, 9.17) is 29.6 Å². The van der Waals surface area contributed by atoms with Crippen LogP contribution in [-0.4, -0.2) is 22.5 Å². The Morgan fingerprint density at radius 1 is 1.53 bits per heavy atom. The smallest absolute Gasteiger partial charge is 0.127 e. The Bertz CT molecular complexity index is 409. The van der Waals surface area contributed by atoms with Crippen LogP contribution in [0.1, 0.15) is 19.4 Å². The van der Waals surface area contributed by atoms with Crippen LogP contribution >= 0.6 is 23.8 Å². The van der Waals surface area contributed by atoms with Crippen LogP contribution in [0.4, 0.5) is 4.39 Å². The molecule has 2 nitrogen and oxygen atoms in total. The number of hydrogen-bond acceptors (Lipinski definition) is 2. The lowest BCUT2D eigenvalue weighted by atomic mass is 10.1. The van der Waals surface area contributed by atoms with Crippen molar-refractivity contribution in [3.05, 3.63) is 34.6 Å². The first kappa shape index (κ1) is 14.4. The maximum atomic E-state index is 13.6. The summed E-state index contributed by atoms with van der Waals surface area (Å²) in [5.41, 5.74) is 6.08. The van der Waals surface area contributed by atoms with Crippen molar-refractivity contribution in [3.8, 4) is 0 Å². The lowest BCUT2D eigenvalue weighted by Gasteiger charge is -2.26. The molecule has 5 heteroatoms. The van der Waals surface area contributed by atoms with Gasteiger partial charge in [-0.15, -0.1) is 0 Å². The largest absolute Gasteiger partial charge is 0.392 e. The Morgan fingerprint density at radius 2 is 2.18 bits per heavy atom. The van der Waals surface area contributed by atoms with Crippen LogP contribution < -0.4 is 5.73 Å². The molecule has 0 bridgehead atoms. The van der Waals surface area contributed by atoms with E-state index in [1.165, 1.54) is 12.1 Å². The number of hydrogen-bond donors (Lipinski definition) is 1. The number of benzene rings is 1. The van der Waals surface area contributed by atoms with Crippen LogP contribution in [0, 0.1) is 5.82 Å². The van der Waals surface area contributed by atoms with Gasteiger partial charge in [-0.1, -0.05) is 23.8 Å². The van der Waals surface area contributed by atoms with E-state index in [0.29, 0.717) is 28.7 Å². The van der Waals surface area contributed by atoms with Crippen LogP contribution in [0.15, 0.2) is 18.2 Å². The quantitative estimate of drug-likeness (QED) is 0.837. The number of nitrogens with zero attached hydrogens (tertiary/aromatic N) is 1. The maximum absolute atomic E-state index is 13.6. The van der Waals surface area contributed by atoms with Gasteiger partial charge in [0.15, 0.2) is 0 Å². The lowest BCUT2D eigenvalue weighted by molar-refractivity contribution is 0.242. The van der Waals surface area contributed by atoms with E-state index in [9.17, 15) is 4.39 Å². The molecule has 0 saturated heterocycles. The predicted molar refractivity (Wildman–Crippen MR) is 73.7 cm³/mol. The fourth-order valence-corrected chi connectivity index (χ4v) is 1.87. The molecule has 1 aromatic rings. The molecule has 94 valence electrons. The first-order valence-electron chi connectivity index (χ1n) is 5.36. The molecule has 0 amide bonds. The van der Waals surface area contributed by atoms with Crippen molar-refractivity contribution in [2.75, 3.05) is 6.54 Å². The van der Waals surface area contributed by atoms with E-state index >= 15 is 0 Å². The van der Waals surface area contributed by atoms with Crippen LogP contribution in [0.25, 0.3) is 0 Å². The molecule has 17 heavy (non-hydrogen) atoms. The van der Waals surface area contributed by atoms with Crippen molar-refractivity contribution >= 4 is 28.8 Å². The lowest BCUT2D eigenvalue weighted by Crippen LogP contribution is -2.37. The molecule has 1 rings (SSSR count). The average Bonchev–Trinajstić information content (AvgIpc) is 2.21. The van der Waals surface area contributed by atoms with Gasteiger partial charge in [-0.25, -0.2) is 4.39 Å². The summed E-state index contributed by atoms with van der Waals surface area (Å²) >= 11 is 10.7. The second kappa shape index (κ2) is 6.28. The van der Waals surface area contributed by atoms with Crippen molar-refractivity contribution in [1.82, 2.24) is 4.90 Å². The van der Waals surface area contributed by atoms with Gasteiger partial charge in [0.05, 0.1) is 4.99 Å². The summed E-state index contributed by atoms with van der Waals surface area (Å²) in [6, 6.07) is 4.77. The van der Waals surface area contributed by atoms with Gasteiger partial charge in [0.1, 0.15) is 5.82 Å². The minimum absolute atomic E-state index is 0.231. The molecular formula is C12H16ClFN2S. The van der Waals surface area contributed by atoms with E-state index in [2.05, 4.69) is 0 Å².